The minimum Gasteiger partial charge on any atom is -0.444 e. The highest BCUT2D eigenvalue weighted by Crippen LogP contribution is 2.23. The molecule has 8 nitrogen and oxygen atoms in total. The molecule has 8 heteroatoms. The van der Waals surface area contributed by atoms with Gasteiger partial charge in [-0.1, -0.05) is 31.0 Å². The summed E-state index contributed by atoms with van der Waals surface area (Å²) in [7, 11) is 0. The second-order valence-electron chi connectivity index (χ2n) is 8.03. The van der Waals surface area contributed by atoms with Crippen LogP contribution in [0.5, 0.6) is 0 Å². The van der Waals surface area contributed by atoms with Crippen molar-refractivity contribution in [3.63, 3.8) is 0 Å². The summed E-state index contributed by atoms with van der Waals surface area (Å²) >= 11 is 0. The van der Waals surface area contributed by atoms with E-state index in [1.165, 1.54) is 12.1 Å². The van der Waals surface area contributed by atoms with E-state index in [4.69, 9.17) is 9.57 Å². The highest BCUT2D eigenvalue weighted by molar-refractivity contribution is 6.20. The smallest absolute Gasteiger partial charge is 0.408 e. The zero-order valence-electron chi connectivity index (χ0n) is 16.8. The molecule has 0 radical (unpaired) electrons. The first kappa shape index (κ1) is 21.4. The first-order valence-corrected chi connectivity index (χ1v) is 9.18. The van der Waals surface area contributed by atoms with Gasteiger partial charge in [0, 0.05) is 0 Å². The Bertz CT molecular complexity index is 746. The Morgan fingerprint density at radius 1 is 1.04 bits per heavy atom. The Kier molecular flexibility index (Phi) is 6.43. The fourth-order valence-corrected chi connectivity index (χ4v) is 2.60. The molecule has 0 saturated carbocycles. The van der Waals surface area contributed by atoms with E-state index in [2.05, 4.69) is 5.32 Å². The normalized spacial score (nSPS) is 14.7. The fraction of sp³-hybridized carbons (Fsp3) is 0.500. The number of rotatable bonds is 6. The predicted molar refractivity (Wildman–Crippen MR) is 100 cm³/mol. The lowest BCUT2D eigenvalue weighted by atomic mass is 10.0. The van der Waals surface area contributed by atoms with Crippen LogP contribution in [-0.2, 0) is 14.4 Å². The SMILES string of the molecule is CC(C)CCC(NC(=O)OC(C)(C)C)C(=O)ON1C(=O)c2ccccc2C1=O. The number of hydrogen-bond acceptors (Lipinski definition) is 6. The van der Waals surface area contributed by atoms with Gasteiger partial charge in [0.25, 0.3) is 11.8 Å². The highest BCUT2D eigenvalue weighted by Gasteiger charge is 2.40. The maximum Gasteiger partial charge on any atom is 0.408 e. The molecule has 0 fully saturated rings. The molecule has 28 heavy (non-hydrogen) atoms. The van der Waals surface area contributed by atoms with Gasteiger partial charge in [0.2, 0.25) is 0 Å². The van der Waals surface area contributed by atoms with Gasteiger partial charge in [-0.25, -0.2) is 9.59 Å². The summed E-state index contributed by atoms with van der Waals surface area (Å²) in [4.78, 5) is 54.5. The Morgan fingerprint density at radius 3 is 2.04 bits per heavy atom. The van der Waals surface area contributed by atoms with Gasteiger partial charge in [0.15, 0.2) is 0 Å². The van der Waals surface area contributed by atoms with Gasteiger partial charge in [0.1, 0.15) is 11.6 Å². The third-order valence-corrected chi connectivity index (χ3v) is 3.95. The molecular formula is C20H26N2O6. The third-order valence-electron chi connectivity index (χ3n) is 3.95. The number of imide groups is 1. The summed E-state index contributed by atoms with van der Waals surface area (Å²) in [6.45, 7) is 9.05. The van der Waals surface area contributed by atoms with Crippen molar-refractivity contribution in [3.8, 4) is 0 Å². The molecule has 1 aliphatic heterocycles. The summed E-state index contributed by atoms with van der Waals surface area (Å²) in [5, 5.41) is 2.91. The van der Waals surface area contributed by atoms with Crippen molar-refractivity contribution in [2.45, 2.75) is 59.1 Å². The van der Waals surface area contributed by atoms with E-state index in [1.807, 2.05) is 13.8 Å². The van der Waals surface area contributed by atoms with Crippen molar-refractivity contribution in [1.29, 1.82) is 0 Å². The standard InChI is InChI=1S/C20H26N2O6/c1-12(2)10-11-15(21-19(26)27-20(3,4)5)18(25)28-22-16(23)13-8-6-7-9-14(13)17(22)24/h6-9,12,15H,10-11H2,1-5H3,(H,21,26). The zero-order valence-corrected chi connectivity index (χ0v) is 16.8. The molecule has 2 rings (SSSR count). The molecular weight excluding hydrogens is 364 g/mol. The van der Waals surface area contributed by atoms with Gasteiger partial charge >= 0.3 is 12.1 Å². The van der Waals surface area contributed by atoms with Crippen LogP contribution in [0.3, 0.4) is 0 Å². The van der Waals surface area contributed by atoms with Crippen molar-refractivity contribution in [1.82, 2.24) is 10.4 Å². The molecule has 1 heterocycles. The molecule has 1 aliphatic rings. The summed E-state index contributed by atoms with van der Waals surface area (Å²) in [6.07, 6.45) is 0.122. The van der Waals surface area contributed by atoms with Crippen LogP contribution in [0, 0.1) is 5.92 Å². The molecule has 1 N–H and O–H groups in total. The van der Waals surface area contributed by atoms with Crippen molar-refractivity contribution in [2.75, 3.05) is 0 Å². The summed E-state index contributed by atoms with van der Waals surface area (Å²) in [5.41, 5.74) is -0.405. The van der Waals surface area contributed by atoms with Crippen LogP contribution < -0.4 is 5.32 Å². The minimum atomic E-state index is -1.05. The van der Waals surface area contributed by atoms with Crippen molar-refractivity contribution >= 4 is 23.9 Å². The largest absolute Gasteiger partial charge is 0.444 e. The van der Waals surface area contributed by atoms with Gasteiger partial charge in [-0.2, -0.15) is 0 Å². The number of carbonyl (C=O) groups excluding carboxylic acids is 4. The number of ether oxygens (including phenoxy) is 1. The lowest BCUT2D eigenvalue weighted by Crippen LogP contribution is -2.47. The molecule has 0 saturated heterocycles. The molecule has 1 aromatic carbocycles. The van der Waals surface area contributed by atoms with Crippen LogP contribution >= 0.6 is 0 Å². The van der Waals surface area contributed by atoms with E-state index in [-0.39, 0.29) is 23.5 Å². The zero-order chi connectivity index (χ0) is 21.1. The summed E-state index contributed by atoms with van der Waals surface area (Å²) in [6, 6.07) is 5.15. The van der Waals surface area contributed by atoms with Crippen LogP contribution in [0.15, 0.2) is 24.3 Å². The molecule has 152 valence electrons. The Morgan fingerprint density at radius 2 is 1.57 bits per heavy atom. The highest BCUT2D eigenvalue weighted by atomic mass is 16.7. The number of nitrogens with zero attached hydrogens (tertiary/aromatic N) is 1. The van der Waals surface area contributed by atoms with Gasteiger partial charge < -0.3 is 14.9 Å². The number of hydrogen-bond donors (Lipinski definition) is 1. The van der Waals surface area contributed by atoms with Gasteiger partial charge in [-0.3, -0.25) is 9.59 Å². The van der Waals surface area contributed by atoms with Gasteiger partial charge in [-0.05, 0) is 51.7 Å². The molecule has 0 aromatic heterocycles. The number of hydroxylamine groups is 2. The van der Waals surface area contributed by atoms with E-state index in [9.17, 15) is 19.2 Å². The second-order valence-corrected chi connectivity index (χ2v) is 8.03. The lowest BCUT2D eigenvalue weighted by molar-refractivity contribution is -0.171. The van der Waals surface area contributed by atoms with Crippen molar-refractivity contribution in [2.24, 2.45) is 5.92 Å². The van der Waals surface area contributed by atoms with Crippen LogP contribution in [0.1, 0.15) is 68.2 Å². The van der Waals surface area contributed by atoms with Gasteiger partial charge in [0.05, 0.1) is 11.1 Å². The number of nitrogens with one attached hydrogen (secondary N) is 1. The van der Waals surface area contributed by atoms with E-state index in [0.29, 0.717) is 11.5 Å². The van der Waals surface area contributed by atoms with Crippen LogP contribution in [0.25, 0.3) is 0 Å². The predicted octanol–water partition coefficient (Wildman–Crippen LogP) is 3.07. The maximum atomic E-state index is 12.6. The van der Waals surface area contributed by atoms with Crippen LogP contribution in [0.4, 0.5) is 4.79 Å². The molecule has 3 amide bonds. The molecule has 0 bridgehead atoms. The van der Waals surface area contributed by atoms with Crippen molar-refractivity contribution in [3.05, 3.63) is 35.4 Å². The third kappa shape index (κ3) is 5.31. The first-order chi connectivity index (χ1) is 13.0. The molecule has 0 spiro atoms. The minimum absolute atomic E-state index is 0.166. The van der Waals surface area contributed by atoms with Gasteiger partial charge in [-0.15, -0.1) is 0 Å². The average Bonchev–Trinajstić information content (AvgIpc) is 2.82. The summed E-state index contributed by atoms with van der Waals surface area (Å²) in [5.74, 6) is -2.06. The Balaban J connectivity index is 2.11. The number of amides is 3. The topological polar surface area (TPSA) is 102 Å². The maximum absolute atomic E-state index is 12.6. The average molecular weight is 390 g/mol. The van der Waals surface area contributed by atoms with E-state index >= 15 is 0 Å². The fourth-order valence-electron chi connectivity index (χ4n) is 2.60. The van der Waals surface area contributed by atoms with Crippen molar-refractivity contribution < 1.29 is 28.8 Å². The van der Waals surface area contributed by atoms with E-state index in [0.717, 1.165) is 0 Å². The quantitative estimate of drug-likeness (QED) is 0.749. The molecule has 1 atom stereocenters. The Hall–Kier alpha value is -2.90. The molecule has 1 unspecified atom stereocenters. The molecule has 1 aromatic rings. The number of carbonyl (C=O) groups is 4. The monoisotopic (exact) mass is 390 g/mol. The van der Waals surface area contributed by atoms with Crippen LogP contribution in [-0.4, -0.2) is 40.6 Å². The molecule has 0 aliphatic carbocycles. The van der Waals surface area contributed by atoms with Crippen LogP contribution in [0.2, 0.25) is 0 Å². The number of fused-ring (bicyclic) bond motifs is 1. The van der Waals surface area contributed by atoms with E-state index < -0.39 is 35.5 Å². The number of benzene rings is 1. The summed E-state index contributed by atoms with van der Waals surface area (Å²) < 4.78 is 5.18. The second kappa shape index (κ2) is 8.41. The van der Waals surface area contributed by atoms with E-state index in [1.54, 1.807) is 32.9 Å². The Labute approximate surface area is 164 Å². The first-order valence-electron chi connectivity index (χ1n) is 9.18. The lowest BCUT2D eigenvalue weighted by Gasteiger charge is -2.24. The number of alkyl carbamates (subject to hydrolysis) is 1.